The van der Waals surface area contributed by atoms with Crippen molar-refractivity contribution in [1.29, 1.82) is 0 Å². The number of methoxy groups -OCH3 is 1. The minimum atomic E-state index is -0.0959. The summed E-state index contributed by atoms with van der Waals surface area (Å²) < 4.78 is 11.1. The first-order valence-corrected chi connectivity index (χ1v) is 12.5. The molecule has 8 nitrogen and oxygen atoms in total. The first kappa shape index (κ1) is 23.8. The van der Waals surface area contributed by atoms with Gasteiger partial charge in [0.25, 0.3) is 0 Å². The average Bonchev–Trinajstić information content (AvgIpc) is 2.87. The van der Waals surface area contributed by atoms with Gasteiger partial charge >= 0.3 is 0 Å². The van der Waals surface area contributed by atoms with Crippen molar-refractivity contribution in [3.05, 3.63) is 35.9 Å². The van der Waals surface area contributed by atoms with Crippen molar-refractivity contribution in [3.63, 3.8) is 0 Å². The van der Waals surface area contributed by atoms with Crippen LogP contribution < -0.4 is 14.5 Å². The number of nitrogens with zero attached hydrogens (tertiary/aromatic N) is 5. The van der Waals surface area contributed by atoms with Gasteiger partial charge in [0, 0.05) is 30.8 Å². The highest BCUT2D eigenvalue weighted by Gasteiger charge is 2.28. The predicted molar refractivity (Wildman–Crippen MR) is 138 cm³/mol. The normalized spacial score (nSPS) is 23.1. The number of ether oxygens (including phenoxy) is 2. The molecule has 0 amide bonds. The predicted octanol–water partition coefficient (Wildman–Crippen LogP) is 3.90. The van der Waals surface area contributed by atoms with Gasteiger partial charge in [0.2, 0.25) is 5.95 Å². The van der Waals surface area contributed by atoms with E-state index in [0.717, 1.165) is 53.6 Å². The molecule has 0 bridgehead atoms. The zero-order valence-corrected chi connectivity index (χ0v) is 21.1. The first-order chi connectivity index (χ1) is 17.0. The van der Waals surface area contributed by atoms with Crippen LogP contribution >= 0.6 is 0 Å². The van der Waals surface area contributed by atoms with E-state index in [-0.39, 0.29) is 12.6 Å². The zero-order chi connectivity index (χ0) is 24.5. The Balaban J connectivity index is 1.63. The van der Waals surface area contributed by atoms with Crippen LogP contribution in [0.2, 0.25) is 0 Å². The summed E-state index contributed by atoms with van der Waals surface area (Å²) in [5, 5.41) is 10.7. The summed E-state index contributed by atoms with van der Waals surface area (Å²) >= 11 is 0. The molecule has 35 heavy (non-hydrogen) atoms. The summed E-state index contributed by atoms with van der Waals surface area (Å²) in [6, 6.07) is 10.1. The third-order valence-corrected chi connectivity index (χ3v) is 7.07. The second-order valence-electron chi connectivity index (χ2n) is 10.1. The van der Waals surface area contributed by atoms with E-state index in [1.807, 2.05) is 24.3 Å². The minimum absolute atomic E-state index is 0.0959. The van der Waals surface area contributed by atoms with Crippen LogP contribution in [0.15, 0.2) is 30.3 Å². The average molecular weight is 478 g/mol. The Bertz CT molecular complexity index is 1190. The van der Waals surface area contributed by atoms with Crippen molar-refractivity contribution in [2.45, 2.75) is 39.8 Å². The summed E-state index contributed by atoms with van der Waals surface area (Å²) in [6.45, 7) is 10.7. The van der Waals surface area contributed by atoms with Crippen LogP contribution in [0.25, 0.3) is 22.3 Å². The number of benzene rings is 1. The molecule has 3 aromatic rings. The maximum absolute atomic E-state index is 9.78. The molecule has 2 fully saturated rings. The molecule has 2 unspecified atom stereocenters. The fourth-order valence-corrected chi connectivity index (χ4v) is 5.43. The minimum Gasteiger partial charge on any atom is -0.496 e. The van der Waals surface area contributed by atoms with Gasteiger partial charge in [-0.05, 0) is 55.5 Å². The molecular weight excluding hydrogens is 442 g/mol. The van der Waals surface area contributed by atoms with Gasteiger partial charge in [0.1, 0.15) is 11.6 Å². The van der Waals surface area contributed by atoms with Gasteiger partial charge in [0.15, 0.2) is 5.65 Å². The fraction of sp³-hybridized carbons (Fsp3) is 0.519. The van der Waals surface area contributed by atoms with Crippen molar-refractivity contribution in [3.8, 4) is 17.0 Å². The molecule has 2 aliphatic heterocycles. The van der Waals surface area contributed by atoms with Gasteiger partial charge in [-0.2, -0.15) is 9.97 Å². The van der Waals surface area contributed by atoms with E-state index in [1.54, 1.807) is 7.11 Å². The molecule has 8 heteroatoms. The molecule has 2 saturated heterocycles. The standard InChI is InChI=1S/C27H35N5O3/c1-17-11-18(2)14-31(13-17)27-29-25-22(26(30-27)32-9-10-35-16-19(32)3)6-7-23(28-25)20-5-8-24(34-4)21(12-20)15-33/h5-8,12,17-19,33H,9-11,13-16H2,1-4H3/t17?,18?,19-/m0/s1. The zero-order valence-electron chi connectivity index (χ0n) is 21.1. The number of pyridine rings is 1. The highest BCUT2D eigenvalue weighted by atomic mass is 16.5. The second-order valence-corrected chi connectivity index (χ2v) is 10.1. The lowest BCUT2D eigenvalue weighted by atomic mass is 9.92. The van der Waals surface area contributed by atoms with E-state index < -0.39 is 0 Å². The largest absolute Gasteiger partial charge is 0.496 e. The highest BCUT2D eigenvalue weighted by molar-refractivity contribution is 5.90. The number of anilines is 2. The molecule has 1 aromatic carbocycles. The Hall–Kier alpha value is -2.97. The Morgan fingerprint density at radius 1 is 1.06 bits per heavy atom. The molecule has 0 saturated carbocycles. The summed E-state index contributed by atoms with van der Waals surface area (Å²) in [7, 11) is 1.61. The molecule has 3 atom stereocenters. The van der Waals surface area contributed by atoms with Gasteiger partial charge < -0.3 is 24.4 Å². The van der Waals surface area contributed by atoms with Crippen molar-refractivity contribution >= 4 is 22.8 Å². The molecule has 0 radical (unpaired) electrons. The number of aliphatic hydroxyl groups is 1. The monoisotopic (exact) mass is 477 g/mol. The molecule has 1 N–H and O–H groups in total. The Morgan fingerprint density at radius 3 is 2.57 bits per heavy atom. The molecule has 2 aromatic heterocycles. The van der Waals surface area contributed by atoms with E-state index in [0.29, 0.717) is 36.4 Å². The van der Waals surface area contributed by atoms with Crippen molar-refractivity contribution in [2.75, 3.05) is 49.8 Å². The van der Waals surface area contributed by atoms with Gasteiger partial charge in [-0.1, -0.05) is 13.8 Å². The molecule has 2 aliphatic rings. The van der Waals surface area contributed by atoms with Crippen LogP contribution in [0.3, 0.4) is 0 Å². The van der Waals surface area contributed by atoms with Crippen molar-refractivity contribution in [1.82, 2.24) is 15.0 Å². The fourth-order valence-electron chi connectivity index (χ4n) is 5.43. The van der Waals surface area contributed by atoms with E-state index in [9.17, 15) is 5.11 Å². The SMILES string of the molecule is COc1ccc(-c2ccc3c(N4CCOC[C@@H]4C)nc(N4CC(C)CC(C)C4)nc3n2)cc1CO. The number of hydrogen-bond acceptors (Lipinski definition) is 8. The highest BCUT2D eigenvalue weighted by Crippen LogP contribution is 2.33. The van der Waals surface area contributed by atoms with Crippen molar-refractivity contribution < 1.29 is 14.6 Å². The van der Waals surface area contributed by atoms with Gasteiger partial charge in [-0.25, -0.2) is 4.98 Å². The summed E-state index contributed by atoms with van der Waals surface area (Å²) in [6.07, 6.45) is 1.23. The van der Waals surface area contributed by atoms with Crippen LogP contribution in [0.1, 0.15) is 32.8 Å². The lowest BCUT2D eigenvalue weighted by Gasteiger charge is -2.37. The number of fused-ring (bicyclic) bond motifs is 1. The second kappa shape index (κ2) is 9.95. The maximum Gasteiger partial charge on any atom is 0.229 e. The number of rotatable bonds is 5. The Morgan fingerprint density at radius 2 is 1.86 bits per heavy atom. The third kappa shape index (κ3) is 4.77. The van der Waals surface area contributed by atoms with Gasteiger partial charge in [-0.15, -0.1) is 0 Å². The van der Waals surface area contributed by atoms with Gasteiger partial charge in [0.05, 0.1) is 44.1 Å². The summed E-state index contributed by atoms with van der Waals surface area (Å²) in [5.41, 5.74) is 3.14. The molecule has 0 spiro atoms. The molecule has 5 rings (SSSR count). The maximum atomic E-state index is 9.78. The van der Waals surface area contributed by atoms with Crippen LogP contribution in [0.5, 0.6) is 5.75 Å². The van der Waals surface area contributed by atoms with Gasteiger partial charge in [-0.3, -0.25) is 0 Å². The third-order valence-electron chi connectivity index (χ3n) is 7.07. The number of hydrogen-bond donors (Lipinski definition) is 1. The quantitative estimate of drug-likeness (QED) is 0.592. The number of morpholine rings is 1. The molecular formula is C27H35N5O3. The number of aliphatic hydroxyl groups excluding tert-OH is 1. The van der Waals surface area contributed by atoms with E-state index in [2.05, 4.69) is 36.6 Å². The summed E-state index contributed by atoms with van der Waals surface area (Å²) in [5.74, 6) is 3.54. The van der Waals surface area contributed by atoms with Crippen LogP contribution in [0, 0.1) is 11.8 Å². The number of piperidine rings is 1. The molecule has 0 aliphatic carbocycles. The molecule has 4 heterocycles. The topological polar surface area (TPSA) is 83.8 Å². The number of aromatic nitrogens is 3. The Kier molecular flexibility index (Phi) is 6.75. The van der Waals surface area contributed by atoms with Crippen LogP contribution in [-0.4, -0.2) is 66.1 Å². The Labute approximate surface area is 206 Å². The van der Waals surface area contributed by atoms with E-state index >= 15 is 0 Å². The smallest absolute Gasteiger partial charge is 0.229 e. The lowest BCUT2D eigenvalue weighted by Crippen LogP contribution is -2.45. The molecule has 186 valence electrons. The van der Waals surface area contributed by atoms with Crippen molar-refractivity contribution in [2.24, 2.45) is 11.8 Å². The van der Waals surface area contributed by atoms with E-state index in [1.165, 1.54) is 6.42 Å². The lowest BCUT2D eigenvalue weighted by molar-refractivity contribution is 0.0987. The first-order valence-electron chi connectivity index (χ1n) is 12.5. The van der Waals surface area contributed by atoms with E-state index in [4.69, 9.17) is 24.4 Å². The van der Waals surface area contributed by atoms with Crippen LogP contribution in [-0.2, 0) is 11.3 Å². The van der Waals surface area contributed by atoms with Crippen LogP contribution in [0.4, 0.5) is 11.8 Å². The summed E-state index contributed by atoms with van der Waals surface area (Å²) in [4.78, 5) is 19.7.